The largest absolute Gasteiger partial charge is 0.493 e. The second kappa shape index (κ2) is 11.3. The lowest BCUT2D eigenvalue weighted by atomic mass is 10.2. The third-order valence-corrected chi connectivity index (χ3v) is 4.78. The van der Waals surface area contributed by atoms with E-state index < -0.39 is 0 Å². The summed E-state index contributed by atoms with van der Waals surface area (Å²) in [7, 11) is 1.55. The minimum Gasteiger partial charge on any atom is -0.493 e. The van der Waals surface area contributed by atoms with E-state index in [9.17, 15) is 4.79 Å². The molecule has 4 aromatic carbocycles. The van der Waals surface area contributed by atoms with E-state index in [4.69, 9.17) is 14.2 Å². The van der Waals surface area contributed by atoms with Gasteiger partial charge in [0, 0.05) is 11.9 Å². The zero-order valence-electron chi connectivity index (χ0n) is 18.7. The SMILES string of the molecule is COc1cc(C=Nc2ccc(Oc3ccccc3)cc2)ccc1OCC(=O)Nc1ccccc1. The maximum Gasteiger partial charge on any atom is 0.262 e. The smallest absolute Gasteiger partial charge is 0.262 e. The van der Waals surface area contributed by atoms with Crippen LogP contribution in [0.5, 0.6) is 23.0 Å². The van der Waals surface area contributed by atoms with Gasteiger partial charge < -0.3 is 19.5 Å². The summed E-state index contributed by atoms with van der Waals surface area (Å²) >= 11 is 0. The summed E-state index contributed by atoms with van der Waals surface area (Å²) in [6, 6.07) is 31.8. The number of anilines is 1. The van der Waals surface area contributed by atoms with Crippen LogP contribution in [0.1, 0.15) is 5.56 Å². The van der Waals surface area contributed by atoms with Crippen molar-refractivity contribution in [1.82, 2.24) is 0 Å². The first-order valence-corrected chi connectivity index (χ1v) is 10.7. The number of nitrogens with zero attached hydrogens (tertiary/aromatic N) is 1. The van der Waals surface area contributed by atoms with Crippen molar-refractivity contribution in [2.75, 3.05) is 19.0 Å². The molecule has 0 aromatic heterocycles. The summed E-state index contributed by atoms with van der Waals surface area (Å²) in [6.45, 7) is -0.129. The van der Waals surface area contributed by atoms with Gasteiger partial charge in [0.25, 0.3) is 5.91 Å². The molecule has 0 heterocycles. The molecule has 0 unspecified atom stereocenters. The predicted octanol–water partition coefficient (Wildman–Crippen LogP) is 6.26. The lowest BCUT2D eigenvalue weighted by Crippen LogP contribution is -2.20. The second-order valence-corrected chi connectivity index (χ2v) is 7.28. The minimum atomic E-state index is -0.251. The van der Waals surface area contributed by atoms with Gasteiger partial charge >= 0.3 is 0 Å². The van der Waals surface area contributed by atoms with Gasteiger partial charge in [-0.05, 0) is 72.3 Å². The summed E-state index contributed by atoms with van der Waals surface area (Å²) in [5.74, 6) is 2.27. The zero-order chi connectivity index (χ0) is 23.6. The predicted molar refractivity (Wildman–Crippen MR) is 134 cm³/mol. The molecule has 0 saturated heterocycles. The lowest BCUT2D eigenvalue weighted by Gasteiger charge is -2.11. The lowest BCUT2D eigenvalue weighted by molar-refractivity contribution is -0.118. The number of ether oxygens (including phenoxy) is 3. The fraction of sp³-hybridized carbons (Fsp3) is 0.0714. The van der Waals surface area contributed by atoms with E-state index in [1.165, 1.54) is 0 Å². The van der Waals surface area contributed by atoms with Crippen LogP contribution in [0.2, 0.25) is 0 Å². The Bertz CT molecular complexity index is 1240. The summed E-state index contributed by atoms with van der Waals surface area (Å²) in [6.07, 6.45) is 1.74. The molecule has 4 rings (SSSR count). The highest BCUT2D eigenvalue weighted by Gasteiger charge is 2.09. The van der Waals surface area contributed by atoms with E-state index in [0.29, 0.717) is 17.2 Å². The van der Waals surface area contributed by atoms with Crippen LogP contribution in [-0.2, 0) is 4.79 Å². The van der Waals surface area contributed by atoms with Crippen LogP contribution in [0.15, 0.2) is 108 Å². The maximum absolute atomic E-state index is 12.1. The standard InChI is InChI=1S/C28H24N2O4/c1-32-27-18-21(12-17-26(27)33-20-28(31)30-23-8-4-2-5-9-23)19-29-22-13-15-25(16-14-22)34-24-10-6-3-7-11-24/h2-19H,20H2,1H3,(H,30,31). The molecule has 170 valence electrons. The quantitative estimate of drug-likeness (QED) is 0.305. The Labute approximate surface area is 198 Å². The van der Waals surface area contributed by atoms with Gasteiger partial charge in [-0.15, -0.1) is 0 Å². The number of rotatable bonds is 9. The third kappa shape index (κ3) is 6.46. The van der Waals surface area contributed by atoms with E-state index in [1.54, 1.807) is 25.5 Å². The number of amides is 1. The number of methoxy groups -OCH3 is 1. The number of hydrogen-bond donors (Lipinski definition) is 1. The highest BCUT2D eigenvalue weighted by molar-refractivity contribution is 5.91. The van der Waals surface area contributed by atoms with E-state index in [1.807, 2.05) is 91.0 Å². The molecule has 0 fully saturated rings. The molecule has 6 heteroatoms. The molecule has 0 saturated carbocycles. The molecule has 0 spiro atoms. The van der Waals surface area contributed by atoms with Crippen molar-refractivity contribution in [1.29, 1.82) is 0 Å². The topological polar surface area (TPSA) is 69.1 Å². The Kier molecular flexibility index (Phi) is 7.54. The van der Waals surface area contributed by atoms with Crippen LogP contribution in [0, 0.1) is 0 Å². The van der Waals surface area contributed by atoms with E-state index >= 15 is 0 Å². The number of carbonyl (C=O) groups excluding carboxylic acids is 1. The number of para-hydroxylation sites is 2. The highest BCUT2D eigenvalue weighted by Crippen LogP contribution is 2.28. The van der Waals surface area contributed by atoms with Gasteiger partial charge in [0.1, 0.15) is 11.5 Å². The monoisotopic (exact) mass is 452 g/mol. The first kappa shape index (κ1) is 22.6. The molecule has 0 aliphatic heterocycles. The molecule has 0 aliphatic carbocycles. The normalized spacial score (nSPS) is 10.6. The summed E-state index contributed by atoms with van der Waals surface area (Å²) in [5, 5.41) is 2.78. The second-order valence-electron chi connectivity index (χ2n) is 7.28. The third-order valence-electron chi connectivity index (χ3n) is 4.78. The highest BCUT2D eigenvalue weighted by atomic mass is 16.5. The fourth-order valence-electron chi connectivity index (χ4n) is 3.12. The van der Waals surface area contributed by atoms with Crippen molar-refractivity contribution in [3.05, 3.63) is 109 Å². The molecule has 0 aliphatic rings. The molecule has 0 radical (unpaired) electrons. The molecule has 1 amide bonds. The maximum atomic E-state index is 12.1. The van der Waals surface area contributed by atoms with Gasteiger partial charge in [0.05, 0.1) is 12.8 Å². The van der Waals surface area contributed by atoms with Crippen LogP contribution >= 0.6 is 0 Å². The minimum absolute atomic E-state index is 0.129. The Hall–Kier alpha value is -4.58. The van der Waals surface area contributed by atoms with E-state index in [2.05, 4.69) is 10.3 Å². The molecule has 0 bridgehead atoms. The number of aliphatic imine (C=N–C) groups is 1. The summed E-state index contributed by atoms with van der Waals surface area (Å²) in [4.78, 5) is 16.6. The van der Waals surface area contributed by atoms with Crippen LogP contribution in [0.3, 0.4) is 0 Å². The van der Waals surface area contributed by atoms with Crippen LogP contribution in [0.25, 0.3) is 0 Å². The van der Waals surface area contributed by atoms with Crippen molar-refractivity contribution in [3.63, 3.8) is 0 Å². The van der Waals surface area contributed by atoms with Crippen molar-refractivity contribution < 1.29 is 19.0 Å². The molecule has 1 N–H and O–H groups in total. The average Bonchev–Trinajstić information content (AvgIpc) is 2.88. The van der Waals surface area contributed by atoms with Crippen molar-refractivity contribution in [3.8, 4) is 23.0 Å². The Morgan fingerprint density at radius 3 is 2.21 bits per heavy atom. The van der Waals surface area contributed by atoms with Crippen LogP contribution in [0.4, 0.5) is 11.4 Å². The van der Waals surface area contributed by atoms with E-state index in [-0.39, 0.29) is 12.5 Å². The van der Waals surface area contributed by atoms with Gasteiger partial charge in [0.15, 0.2) is 18.1 Å². The number of carbonyl (C=O) groups is 1. The fourth-order valence-corrected chi connectivity index (χ4v) is 3.12. The molecule has 6 nitrogen and oxygen atoms in total. The van der Waals surface area contributed by atoms with Gasteiger partial charge in [0.2, 0.25) is 0 Å². The van der Waals surface area contributed by atoms with Crippen LogP contribution < -0.4 is 19.5 Å². The summed E-state index contributed by atoms with van der Waals surface area (Å²) in [5.41, 5.74) is 2.34. The van der Waals surface area contributed by atoms with Crippen molar-refractivity contribution >= 4 is 23.5 Å². The number of nitrogens with one attached hydrogen (secondary N) is 1. The Morgan fingerprint density at radius 1 is 0.824 bits per heavy atom. The molecule has 0 atom stereocenters. The summed E-state index contributed by atoms with van der Waals surface area (Å²) < 4.78 is 16.9. The van der Waals surface area contributed by atoms with E-state index in [0.717, 1.165) is 22.7 Å². The Balaban J connectivity index is 1.35. The Morgan fingerprint density at radius 2 is 1.50 bits per heavy atom. The van der Waals surface area contributed by atoms with Gasteiger partial charge in [-0.3, -0.25) is 9.79 Å². The molecular weight excluding hydrogens is 428 g/mol. The van der Waals surface area contributed by atoms with Crippen LogP contribution in [-0.4, -0.2) is 25.8 Å². The number of benzene rings is 4. The zero-order valence-corrected chi connectivity index (χ0v) is 18.7. The average molecular weight is 453 g/mol. The first-order chi connectivity index (χ1) is 16.7. The van der Waals surface area contributed by atoms with Gasteiger partial charge in [-0.2, -0.15) is 0 Å². The van der Waals surface area contributed by atoms with Crippen molar-refractivity contribution in [2.45, 2.75) is 0 Å². The molecule has 34 heavy (non-hydrogen) atoms. The number of hydrogen-bond acceptors (Lipinski definition) is 5. The van der Waals surface area contributed by atoms with Gasteiger partial charge in [-0.1, -0.05) is 36.4 Å². The van der Waals surface area contributed by atoms with Crippen molar-refractivity contribution in [2.24, 2.45) is 4.99 Å². The molecule has 4 aromatic rings. The first-order valence-electron chi connectivity index (χ1n) is 10.7. The molecular formula is C28H24N2O4. The van der Waals surface area contributed by atoms with Gasteiger partial charge in [-0.25, -0.2) is 0 Å².